The Kier molecular flexibility index (Phi) is 5.71. The molecule has 2 aliphatic heterocycles. The van der Waals surface area contributed by atoms with Crippen molar-refractivity contribution in [3.63, 3.8) is 0 Å². The van der Waals surface area contributed by atoms with Gasteiger partial charge in [-0.1, -0.05) is 36.4 Å². The molecule has 1 spiro atoms. The van der Waals surface area contributed by atoms with Gasteiger partial charge in [0.05, 0.1) is 29.6 Å². The fraction of sp³-hybridized carbons (Fsp3) is 0.424. The molecule has 1 saturated heterocycles. The number of nitrogens with zero attached hydrogens (tertiary/aromatic N) is 2. The van der Waals surface area contributed by atoms with Crippen LogP contribution in [-0.2, 0) is 23.1 Å². The number of benzene rings is 2. The second-order valence-electron chi connectivity index (χ2n) is 12.1. The predicted octanol–water partition coefficient (Wildman–Crippen LogP) is 4.31. The highest BCUT2D eigenvalue weighted by molar-refractivity contribution is 5.92. The number of amides is 1. The van der Waals surface area contributed by atoms with Crippen LogP contribution in [0.25, 0.3) is 6.08 Å². The van der Waals surface area contributed by atoms with Crippen LogP contribution in [0.3, 0.4) is 0 Å². The van der Waals surface area contributed by atoms with Crippen LogP contribution in [0.15, 0.2) is 71.6 Å². The molecule has 1 amide bonds. The third-order valence-electron chi connectivity index (χ3n) is 10.5. The first kappa shape index (κ1) is 25.4. The minimum atomic E-state index is -1.05. The number of furan rings is 1. The van der Waals surface area contributed by atoms with Crippen LogP contribution in [0.4, 0.5) is 0 Å². The minimum Gasteiger partial charge on any atom is -0.504 e. The summed E-state index contributed by atoms with van der Waals surface area (Å²) in [5, 5.41) is 23.8. The van der Waals surface area contributed by atoms with E-state index in [1.165, 1.54) is 5.56 Å². The number of phenolic OH excluding ortho intramolecular Hbond substituents is 1. The number of ether oxygens (including phenoxy) is 1. The highest BCUT2D eigenvalue weighted by atomic mass is 16.5. The summed E-state index contributed by atoms with van der Waals surface area (Å²) >= 11 is 0. The number of likely N-dealkylation sites (tertiary alicyclic amines) is 1. The summed E-state index contributed by atoms with van der Waals surface area (Å²) in [7, 11) is 1.82. The molecular formula is C33H36N2O5. The van der Waals surface area contributed by atoms with Crippen LogP contribution in [0.5, 0.6) is 11.5 Å². The van der Waals surface area contributed by atoms with E-state index in [0.29, 0.717) is 31.4 Å². The fourth-order valence-corrected chi connectivity index (χ4v) is 8.62. The smallest absolute Gasteiger partial charge is 0.246 e. The van der Waals surface area contributed by atoms with Gasteiger partial charge in [0, 0.05) is 36.8 Å². The molecule has 5 atom stereocenters. The molecule has 2 bridgehead atoms. The lowest BCUT2D eigenvalue weighted by atomic mass is 9.44. The summed E-state index contributed by atoms with van der Waals surface area (Å²) in [5.41, 5.74) is 1.51. The number of phenols is 1. The van der Waals surface area contributed by atoms with Crippen molar-refractivity contribution in [2.45, 2.75) is 67.7 Å². The van der Waals surface area contributed by atoms with E-state index < -0.39 is 16.6 Å². The van der Waals surface area contributed by atoms with Crippen molar-refractivity contribution in [1.82, 2.24) is 9.80 Å². The maximum absolute atomic E-state index is 13.4. The summed E-state index contributed by atoms with van der Waals surface area (Å²) in [6.07, 6.45) is 9.97. The van der Waals surface area contributed by atoms with Gasteiger partial charge in [0.2, 0.25) is 5.91 Å². The van der Waals surface area contributed by atoms with E-state index in [1.54, 1.807) is 41.7 Å². The van der Waals surface area contributed by atoms with Crippen LogP contribution < -0.4 is 4.74 Å². The maximum Gasteiger partial charge on any atom is 0.246 e. The summed E-state index contributed by atoms with van der Waals surface area (Å²) in [6.45, 7) is 3.74. The molecule has 0 unspecified atom stereocenters. The number of hydrogen-bond donors (Lipinski definition) is 2. The van der Waals surface area contributed by atoms with Gasteiger partial charge in [0.15, 0.2) is 11.5 Å². The van der Waals surface area contributed by atoms with Crippen LogP contribution >= 0.6 is 0 Å². The molecule has 0 radical (unpaired) electrons. The van der Waals surface area contributed by atoms with Gasteiger partial charge in [0.25, 0.3) is 0 Å². The van der Waals surface area contributed by atoms with E-state index in [2.05, 4.69) is 36.1 Å². The van der Waals surface area contributed by atoms with Crippen molar-refractivity contribution >= 4 is 12.0 Å². The number of carbonyl (C=O) groups is 1. The Morgan fingerprint density at radius 3 is 2.77 bits per heavy atom. The van der Waals surface area contributed by atoms with Crippen molar-refractivity contribution in [3.05, 3.63) is 89.4 Å². The molecule has 7 heteroatoms. The van der Waals surface area contributed by atoms with E-state index in [-0.39, 0.29) is 23.7 Å². The second kappa shape index (κ2) is 8.98. The molecule has 3 heterocycles. The maximum atomic E-state index is 13.4. The molecule has 1 saturated carbocycles. The molecule has 208 valence electrons. The van der Waals surface area contributed by atoms with Crippen molar-refractivity contribution in [1.29, 1.82) is 0 Å². The quantitative estimate of drug-likeness (QED) is 0.453. The van der Waals surface area contributed by atoms with Crippen LogP contribution in [-0.4, -0.2) is 69.3 Å². The average Bonchev–Trinajstić information content (AvgIpc) is 3.56. The number of aromatic hydroxyl groups is 1. The first-order valence-electron chi connectivity index (χ1n) is 14.3. The lowest BCUT2D eigenvalue weighted by Gasteiger charge is -2.67. The van der Waals surface area contributed by atoms with Crippen molar-refractivity contribution in [2.75, 3.05) is 20.1 Å². The molecular weight excluding hydrogens is 504 g/mol. The zero-order valence-electron chi connectivity index (χ0n) is 23.0. The first-order valence-corrected chi connectivity index (χ1v) is 14.3. The molecule has 4 aliphatic rings. The van der Waals surface area contributed by atoms with Crippen LogP contribution in [0.2, 0.25) is 0 Å². The second-order valence-corrected chi connectivity index (χ2v) is 12.1. The number of rotatable bonds is 6. The minimum absolute atomic E-state index is 0.0705. The van der Waals surface area contributed by atoms with Crippen molar-refractivity contribution in [2.24, 2.45) is 0 Å². The summed E-state index contributed by atoms with van der Waals surface area (Å²) in [5.74, 6) is 0.450. The Labute approximate surface area is 234 Å². The van der Waals surface area contributed by atoms with Crippen molar-refractivity contribution in [3.8, 4) is 11.5 Å². The molecule has 7 nitrogen and oxygen atoms in total. The third-order valence-corrected chi connectivity index (χ3v) is 10.5. The number of hydrogen-bond acceptors (Lipinski definition) is 6. The number of likely N-dealkylation sites (N-methyl/N-ethyl adjacent to an activating group) is 1. The highest BCUT2D eigenvalue weighted by Gasteiger charge is 2.78. The standard InChI is InChI=1S/C33H36N2O5/c1-31-26(34(2)28(37)11-8-23-14-19-39-21-23)12-15-33(38)27-20-24-9-10-25(36)30(40-31)29(24)32(31,33)16-18-35(27)17-13-22-6-4-3-5-7-22/h3-11,14,19,21,26-27,36,38H,12-13,15-18,20H2,1-2H3/b11-8+/t26-,27+,31-,32-,33+/m0/s1. The van der Waals surface area contributed by atoms with E-state index in [0.717, 1.165) is 36.2 Å². The topological polar surface area (TPSA) is 86.4 Å². The summed E-state index contributed by atoms with van der Waals surface area (Å²) in [4.78, 5) is 17.7. The summed E-state index contributed by atoms with van der Waals surface area (Å²) in [6, 6.07) is 15.7. The largest absolute Gasteiger partial charge is 0.504 e. The number of piperidine rings is 1. The number of carbonyl (C=O) groups excluding carboxylic acids is 1. The van der Waals surface area contributed by atoms with Gasteiger partial charge in [-0.05, 0) is 74.9 Å². The zero-order chi connectivity index (χ0) is 27.7. The summed E-state index contributed by atoms with van der Waals surface area (Å²) < 4.78 is 11.9. The van der Waals surface area contributed by atoms with Crippen molar-refractivity contribution < 1.29 is 24.2 Å². The number of aliphatic hydroxyl groups is 1. The average molecular weight is 541 g/mol. The van der Waals surface area contributed by atoms with E-state index in [1.807, 2.05) is 19.2 Å². The van der Waals surface area contributed by atoms with Gasteiger partial charge in [-0.2, -0.15) is 0 Å². The SMILES string of the molecule is CN(C(=O)/C=C/c1ccoc1)[C@H]1CC[C@@]2(O)[C@H]3Cc4ccc(O)c5c4[C@@]2(CCN3CCc2ccccc2)[C@@]1(C)O5. The molecule has 2 aromatic carbocycles. The molecule has 2 fully saturated rings. The third kappa shape index (κ3) is 3.34. The van der Waals surface area contributed by atoms with Gasteiger partial charge >= 0.3 is 0 Å². The van der Waals surface area contributed by atoms with Gasteiger partial charge in [-0.3, -0.25) is 9.69 Å². The Morgan fingerprint density at radius 1 is 1.18 bits per heavy atom. The van der Waals surface area contributed by atoms with Gasteiger partial charge in [-0.15, -0.1) is 0 Å². The first-order chi connectivity index (χ1) is 19.3. The fourth-order valence-electron chi connectivity index (χ4n) is 8.62. The predicted molar refractivity (Wildman–Crippen MR) is 151 cm³/mol. The van der Waals surface area contributed by atoms with Gasteiger partial charge in [0.1, 0.15) is 5.60 Å². The Balaban J connectivity index is 1.27. The molecule has 1 aromatic heterocycles. The molecule has 2 N–H and O–H groups in total. The van der Waals surface area contributed by atoms with Crippen LogP contribution in [0.1, 0.15) is 48.4 Å². The van der Waals surface area contributed by atoms with Gasteiger partial charge < -0.3 is 24.3 Å². The molecule has 3 aromatic rings. The molecule has 40 heavy (non-hydrogen) atoms. The Hall–Kier alpha value is -3.55. The highest BCUT2D eigenvalue weighted by Crippen LogP contribution is 2.69. The van der Waals surface area contributed by atoms with Gasteiger partial charge in [-0.25, -0.2) is 0 Å². The monoisotopic (exact) mass is 540 g/mol. The normalized spacial score (nSPS) is 32.1. The molecule has 7 rings (SSSR count). The van der Waals surface area contributed by atoms with E-state index in [9.17, 15) is 15.0 Å². The Morgan fingerprint density at radius 2 is 2.00 bits per heavy atom. The molecule has 2 aliphatic carbocycles. The van der Waals surface area contributed by atoms with E-state index >= 15 is 0 Å². The zero-order valence-corrected chi connectivity index (χ0v) is 23.0. The lowest BCUT2D eigenvalue weighted by Crippen LogP contribution is -2.82. The Bertz CT molecular complexity index is 1470. The lowest BCUT2D eigenvalue weighted by molar-refractivity contribution is -0.229. The van der Waals surface area contributed by atoms with Crippen LogP contribution in [0, 0.1) is 0 Å². The van der Waals surface area contributed by atoms with E-state index in [4.69, 9.17) is 9.15 Å².